The lowest BCUT2D eigenvalue weighted by Gasteiger charge is -2.44. The topological polar surface area (TPSA) is 58.7 Å². The number of nitrogens with two attached hydrogens (primary N) is 1. The van der Waals surface area contributed by atoms with E-state index in [0.717, 1.165) is 5.56 Å². The van der Waals surface area contributed by atoms with Gasteiger partial charge in [0.2, 0.25) is 0 Å². The van der Waals surface area contributed by atoms with Crippen LogP contribution in [-0.2, 0) is 10.5 Å². The molecule has 1 fully saturated rings. The number of hydrogen-bond donors (Lipinski definition) is 2. The number of benzene rings is 1. The highest BCUT2D eigenvalue weighted by Crippen LogP contribution is 2.29. The molecule has 2 atom stereocenters. The van der Waals surface area contributed by atoms with E-state index in [1.54, 1.807) is 0 Å². The van der Waals surface area contributed by atoms with Gasteiger partial charge in [-0.3, -0.25) is 4.90 Å². The smallest absolute Gasteiger partial charge is 0.159 e. The van der Waals surface area contributed by atoms with Gasteiger partial charge < -0.3 is 15.6 Å². The maximum Gasteiger partial charge on any atom is 0.159 e. The van der Waals surface area contributed by atoms with Crippen LogP contribution in [0.1, 0.15) is 12.5 Å². The fourth-order valence-electron chi connectivity index (χ4n) is 2.32. The third kappa shape index (κ3) is 2.35. The molecule has 1 aliphatic heterocycles. The van der Waals surface area contributed by atoms with Crippen LogP contribution in [0.2, 0.25) is 0 Å². The van der Waals surface area contributed by atoms with Crippen LogP contribution in [-0.4, -0.2) is 42.4 Å². The Morgan fingerprint density at radius 2 is 1.88 bits per heavy atom. The molecule has 94 valence electrons. The zero-order chi connectivity index (χ0) is 12.3. The van der Waals surface area contributed by atoms with Gasteiger partial charge in [0.25, 0.3) is 0 Å². The van der Waals surface area contributed by atoms with Crippen molar-refractivity contribution in [3.05, 3.63) is 35.9 Å². The molecule has 4 heteroatoms. The minimum atomic E-state index is -1.11. The predicted octanol–water partition coefficient (Wildman–Crippen LogP) is 0.511. The Labute approximate surface area is 102 Å². The number of ether oxygens (including phenoxy) is 1. The van der Waals surface area contributed by atoms with Crippen molar-refractivity contribution in [2.75, 3.05) is 26.3 Å². The maximum atomic E-state index is 10.9. The van der Waals surface area contributed by atoms with E-state index in [-0.39, 0.29) is 6.04 Å². The van der Waals surface area contributed by atoms with Gasteiger partial charge in [-0.25, -0.2) is 0 Å². The second-order valence-corrected chi connectivity index (χ2v) is 4.48. The molecule has 0 spiro atoms. The van der Waals surface area contributed by atoms with Crippen LogP contribution in [0, 0.1) is 0 Å². The van der Waals surface area contributed by atoms with Crippen LogP contribution in [0.5, 0.6) is 0 Å². The second-order valence-electron chi connectivity index (χ2n) is 4.48. The van der Waals surface area contributed by atoms with E-state index >= 15 is 0 Å². The summed E-state index contributed by atoms with van der Waals surface area (Å²) in [5, 5.41) is 10.9. The summed E-state index contributed by atoms with van der Waals surface area (Å²) in [7, 11) is 0. The molecule has 0 unspecified atom stereocenters. The molecule has 1 aromatic carbocycles. The van der Waals surface area contributed by atoms with Gasteiger partial charge in [0.15, 0.2) is 5.72 Å². The van der Waals surface area contributed by atoms with Crippen molar-refractivity contribution in [3.8, 4) is 0 Å². The summed E-state index contributed by atoms with van der Waals surface area (Å²) in [5.41, 5.74) is 5.74. The number of aliphatic hydroxyl groups is 1. The van der Waals surface area contributed by atoms with Crippen molar-refractivity contribution in [2.24, 2.45) is 5.73 Å². The van der Waals surface area contributed by atoms with Gasteiger partial charge >= 0.3 is 0 Å². The van der Waals surface area contributed by atoms with Gasteiger partial charge in [0, 0.05) is 24.7 Å². The van der Waals surface area contributed by atoms with E-state index in [1.807, 2.05) is 42.2 Å². The lowest BCUT2D eigenvalue weighted by Crippen LogP contribution is -2.59. The predicted molar refractivity (Wildman–Crippen MR) is 66.4 cm³/mol. The highest BCUT2D eigenvalue weighted by Gasteiger charge is 2.40. The summed E-state index contributed by atoms with van der Waals surface area (Å²) in [4.78, 5) is 2.00. The Morgan fingerprint density at radius 3 is 2.41 bits per heavy atom. The molecular formula is C13H20N2O2. The molecule has 1 heterocycles. The fraction of sp³-hybridized carbons (Fsp3) is 0.538. The van der Waals surface area contributed by atoms with Crippen LogP contribution < -0.4 is 5.73 Å². The maximum absolute atomic E-state index is 10.9. The minimum absolute atomic E-state index is 0.358. The first-order valence-electron chi connectivity index (χ1n) is 6.02. The Balaban J connectivity index is 2.31. The average Bonchev–Trinajstić information content (AvgIpc) is 2.39. The molecule has 0 radical (unpaired) electrons. The highest BCUT2D eigenvalue weighted by atomic mass is 16.5. The van der Waals surface area contributed by atoms with Crippen LogP contribution in [0.3, 0.4) is 0 Å². The molecule has 4 nitrogen and oxygen atoms in total. The van der Waals surface area contributed by atoms with E-state index in [1.165, 1.54) is 0 Å². The molecule has 0 saturated carbocycles. The van der Waals surface area contributed by atoms with E-state index in [2.05, 4.69) is 0 Å². The van der Waals surface area contributed by atoms with Gasteiger partial charge in [-0.05, 0) is 6.92 Å². The Hall–Kier alpha value is -0.940. The van der Waals surface area contributed by atoms with E-state index in [0.29, 0.717) is 26.3 Å². The first-order chi connectivity index (χ1) is 8.15. The zero-order valence-corrected chi connectivity index (χ0v) is 10.2. The quantitative estimate of drug-likeness (QED) is 0.803. The molecule has 0 amide bonds. The highest BCUT2D eigenvalue weighted by molar-refractivity contribution is 5.23. The molecule has 0 bridgehead atoms. The van der Waals surface area contributed by atoms with E-state index in [4.69, 9.17) is 10.5 Å². The number of nitrogens with zero attached hydrogens (tertiary/aromatic N) is 1. The third-order valence-electron chi connectivity index (χ3n) is 3.33. The van der Waals surface area contributed by atoms with Gasteiger partial charge in [0.05, 0.1) is 13.2 Å². The van der Waals surface area contributed by atoms with Gasteiger partial charge in [-0.1, -0.05) is 30.3 Å². The standard InChI is InChI=1S/C13H20N2O2/c1-11(14)13(16,12-5-3-2-4-6-12)15-7-9-17-10-8-15/h2-6,11,16H,7-10,14H2,1H3/t11-,13-/m1/s1. The van der Waals surface area contributed by atoms with Crippen molar-refractivity contribution in [1.82, 2.24) is 4.90 Å². The molecule has 3 N–H and O–H groups in total. The molecular weight excluding hydrogens is 216 g/mol. The molecule has 1 aliphatic rings. The van der Waals surface area contributed by atoms with Gasteiger partial charge in [-0.15, -0.1) is 0 Å². The first kappa shape index (κ1) is 12.5. The molecule has 17 heavy (non-hydrogen) atoms. The summed E-state index contributed by atoms with van der Waals surface area (Å²) in [5.74, 6) is 0. The molecule has 2 rings (SSSR count). The summed E-state index contributed by atoms with van der Waals surface area (Å²) < 4.78 is 5.32. The molecule has 1 saturated heterocycles. The Morgan fingerprint density at radius 1 is 1.29 bits per heavy atom. The molecule has 0 aromatic heterocycles. The first-order valence-corrected chi connectivity index (χ1v) is 6.02. The number of morpholine rings is 1. The Kier molecular flexibility index (Phi) is 3.79. The summed E-state index contributed by atoms with van der Waals surface area (Å²) in [6, 6.07) is 9.25. The van der Waals surface area contributed by atoms with E-state index in [9.17, 15) is 5.11 Å². The number of rotatable bonds is 3. The lowest BCUT2D eigenvalue weighted by molar-refractivity contribution is -0.159. The second kappa shape index (κ2) is 5.14. The minimum Gasteiger partial charge on any atom is -0.379 e. The Bertz CT molecular complexity index is 350. The SMILES string of the molecule is C[C@@H](N)[C@@](O)(c1ccccc1)N1CCOCC1. The van der Waals surface area contributed by atoms with Gasteiger partial charge in [-0.2, -0.15) is 0 Å². The van der Waals surface area contributed by atoms with Crippen molar-refractivity contribution >= 4 is 0 Å². The van der Waals surface area contributed by atoms with Crippen LogP contribution in [0.4, 0.5) is 0 Å². The zero-order valence-electron chi connectivity index (χ0n) is 10.2. The van der Waals surface area contributed by atoms with E-state index < -0.39 is 5.72 Å². The van der Waals surface area contributed by atoms with Crippen LogP contribution in [0.25, 0.3) is 0 Å². The normalized spacial score (nSPS) is 23.0. The monoisotopic (exact) mass is 236 g/mol. The van der Waals surface area contributed by atoms with Crippen LogP contribution >= 0.6 is 0 Å². The summed E-state index contributed by atoms with van der Waals surface area (Å²) in [6.07, 6.45) is 0. The third-order valence-corrected chi connectivity index (χ3v) is 3.33. The summed E-state index contributed by atoms with van der Waals surface area (Å²) >= 11 is 0. The van der Waals surface area contributed by atoms with Crippen molar-refractivity contribution in [2.45, 2.75) is 18.7 Å². The molecule has 0 aliphatic carbocycles. The number of hydrogen-bond acceptors (Lipinski definition) is 4. The lowest BCUT2D eigenvalue weighted by atomic mass is 9.94. The van der Waals surface area contributed by atoms with Crippen LogP contribution in [0.15, 0.2) is 30.3 Å². The largest absolute Gasteiger partial charge is 0.379 e. The van der Waals surface area contributed by atoms with Crippen molar-refractivity contribution < 1.29 is 9.84 Å². The van der Waals surface area contributed by atoms with Crippen molar-refractivity contribution in [3.63, 3.8) is 0 Å². The summed E-state index contributed by atoms with van der Waals surface area (Å²) in [6.45, 7) is 4.52. The molecule has 1 aromatic rings. The van der Waals surface area contributed by atoms with Crippen molar-refractivity contribution in [1.29, 1.82) is 0 Å². The fourth-order valence-corrected chi connectivity index (χ4v) is 2.32. The average molecular weight is 236 g/mol. The van der Waals surface area contributed by atoms with Gasteiger partial charge in [0.1, 0.15) is 0 Å².